The molecular formula is C18H17N3O2. The maximum absolute atomic E-state index is 12.3. The topological polar surface area (TPSA) is 74.0 Å². The molecule has 2 amide bonds. The smallest absolute Gasteiger partial charge is 0.272 e. The minimum Gasteiger partial charge on any atom is -0.352 e. The van der Waals surface area contributed by atoms with Crippen molar-refractivity contribution >= 4 is 28.4 Å². The molecular weight excluding hydrogens is 290 g/mol. The molecule has 0 unspecified atom stereocenters. The van der Waals surface area contributed by atoms with Gasteiger partial charge in [-0.15, -0.1) is 0 Å². The van der Waals surface area contributed by atoms with Crippen LogP contribution in [-0.2, 0) is 0 Å². The SMILES string of the molecule is CCNC(=O)c1cccc(NC(=O)c2cc3ccccc3[nH]2)c1. The van der Waals surface area contributed by atoms with Crippen LogP contribution in [0.1, 0.15) is 27.8 Å². The molecule has 1 heterocycles. The van der Waals surface area contributed by atoms with Gasteiger partial charge in [-0.3, -0.25) is 9.59 Å². The van der Waals surface area contributed by atoms with E-state index in [9.17, 15) is 9.59 Å². The minimum atomic E-state index is -0.241. The van der Waals surface area contributed by atoms with Gasteiger partial charge in [0.1, 0.15) is 5.69 Å². The third-order valence-corrected chi connectivity index (χ3v) is 3.49. The van der Waals surface area contributed by atoms with Crippen LogP contribution in [0.3, 0.4) is 0 Å². The Bertz CT molecular complexity index is 834. The van der Waals surface area contributed by atoms with Gasteiger partial charge in [0.25, 0.3) is 11.8 Å². The molecule has 0 saturated carbocycles. The summed E-state index contributed by atoms with van der Waals surface area (Å²) in [5, 5.41) is 6.52. The molecule has 3 N–H and O–H groups in total. The van der Waals surface area contributed by atoms with E-state index >= 15 is 0 Å². The number of hydrogen-bond acceptors (Lipinski definition) is 2. The Kier molecular flexibility index (Phi) is 4.10. The van der Waals surface area contributed by atoms with Crippen molar-refractivity contribution in [2.75, 3.05) is 11.9 Å². The van der Waals surface area contributed by atoms with Gasteiger partial charge in [-0.2, -0.15) is 0 Å². The van der Waals surface area contributed by atoms with Gasteiger partial charge in [-0.05, 0) is 37.3 Å². The fraction of sp³-hybridized carbons (Fsp3) is 0.111. The summed E-state index contributed by atoms with van der Waals surface area (Å²) in [7, 11) is 0. The Hall–Kier alpha value is -3.08. The van der Waals surface area contributed by atoms with Crippen LogP contribution in [0.15, 0.2) is 54.6 Å². The maximum atomic E-state index is 12.3. The Labute approximate surface area is 133 Å². The summed E-state index contributed by atoms with van der Waals surface area (Å²) in [5.41, 5.74) is 2.49. The lowest BCUT2D eigenvalue weighted by Gasteiger charge is -2.06. The summed E-state index contributed by atoms with van der Waals surface area (Å²) in [6.07, 6.45) is 0. The number of amides is 2. The molecule has 0 fully saturated rings. The van der Waals surface area contributed by atoms with E-state index in [0.717, 1.165) is 10.9 Å². The number of fused-ring (bicyclic) bond motifs is 1. The molecule has 0 saturated heterocycles. The molecule has 0 radical (unpaired) electrons. The molecule has 3 aromatic rings. The van der Waals surface area contributed by atoms with E-state index in [2.05, 4.69) is 15.6 Å². The Morgan fingerprint density at radius 1 is 1.00 bits per heavy atom. The highest BCUT2D eigenvalue weighted by molar-refractivity contribution is 6.06. The number of anilines is 1. The molecule has 1 aromatic heterocycles. The van der Waals surface area contributed by atoms with E-state index in [1.54, 1.807) is 30.3 Å². The standard InChI is InChI=1S/C18H17N3O2/c1-2-19-17(22)13-7-5-8-14(10-13)20-18(23)16-11-12-6-3-4-9-15(12)21-16/h3-11,21H,2H2,1H3,(H,19,22)(H,20,23). The normalized spacial score (nSPS) is 10.5. The largest absolute Gasteiger partial charge is 0.352 e. The predicted octanol–water partition coefficient (Wildman–Crippen LogP) is 3.17. The molecule has 0 bridgehead atoms. The highest BCUT2D eigenvalue weighted by Crippen LogP contribution is 2.17. The number of H-pyrrole nitrogens is 1. The lowest BCUT2D eigenvalue weighted by atomic mass is 10.2. The van der Waals surface area contributed by atoms with Crippen molar-refractivity contribution in [2.45, 2.75) is 6.92 Å². The molecule has 0 atom stereocenters. The molecule has 0 spiro atoms. The second-order valence-electron chi connectivity index (χ2n) is 5.16. The van der Waals surface area contributed by atoms with Crippen LogP contribution in [0.2, 0.25) is 0 Å². The Morgan fingerprint density at radius 2 is 1.83 bits per heavy atom. The number of aromatic nitrogens is 1. The highest BCUT2D eigenvalue weighted by Gasteiger charge is 2.11. The number of carbonyl (C=O) groups excluding carboxylic acids is 2. The van der Waals surface area contributed by atoms with E-state index in [4.69, 9.17) is 0 Å². The quantitative estimate of drug-likeness (QED) is 0.692. The maximum Gasteiger partial charge on any atom is 0.272 e. The molecule has 0 aliphatic carbocycles. The van der Waals surface area contributed by atoms with E-state index in [0.29, 0.717) is 23.5 Å². The van der Waals surface area contributed by atoms with Crippen molar-refractivity contribution in [3.05, 3.63) is 65.9 Å². The van der Waals surface area contributed by atoms with Crippen molar-refractivity contribution in [1.82, 2.24) is 10.3 Å². The minimum absolute atomic E-state index is 0.158. The Balaban J connectivity index is 1.79. The van der Waals surface area contributed by atoms with E-state index in [-0.39, 0.29) is 11.8 Å². The predicted molar refractivity (Wildman–Crippen MR) is 90.7 cm³/mol. The third kappa shape index (κ3) is 3.23. The summed E-state index contributed by atoms with van der Waals surface area (Å²) in [5.74, 6) is -0.400. The summed E-state index contributed by atoms with van der Waals surface area (Å²) in [6.45, 7) is 2.42. The highest BCUT2D eigenvalue weighted by atomic mass is 16.2. The molecule has 23 heavy (non-hydrogen) atoms. The van der Waals surface area contributed by atoms with Gasteiger partial charge >= 0.3 is 0 Å². The van der Waals surface area contributed by atoms with Gasteiger partial charge in [0.05, 0.1) is 0 Å². The van der Waals surface area contributed by atoms with Gasteiger partial charge in [-0.1, -0.05) is 24.3 Å². The average Bonchev–Trinajstić information content (AvgIpc) is 2.99. The molecule has 5 heteroatoms. The number of benzene rings is 2. The van der Waals surface area contributed by atoms with Crippen molar-refractivity contribution in [3.8, 4) is 0 Å². The molecule has 3 rings (SSSR count). The van der Waals surface area contributed by atoms with Crippen LogP contribution in [0, 0.1) is 0 Å². The number of carbonyl (C=O) groups is 2. The number of rotatable bonds is 4. The first-order valence-corrected chi connectivity index (χ1v) is 7.44. The lowest BCUT2D eigenvalue weighted by Crippen LogP contribution is -2.22. The Morgan fingerprint density at radius 3 is 2.61 bits per heavy atom. The van der Waals surface area contributed by atoms with Gasteiger partial charge in [-0.25, -0.2) is 0 Å². The first-order chi connectivity index (χ1) is 11.2. The number of para-hydroxylation sites is 1. The van der Waals surface area contributed by atoms with Gasteiger partial charge in [0.15, 0.2) is 0 Å². The van der Waals surface area contributed by atoms with Crippen LogP contribution < -0.4 is 10.6 Å². The van der Waals surface area contributed by atoms with E-state index in [1.807, 2.05) is 31.2 Å². The zero-order chi connectivity index (χ0) is 16.2. The zero-order valence-corrected chi connectivity index (χ0v) is 12.7. The first kappa shape index (κ1) is 14.8. The number of nitrogens with one attached hydrogen (secondary N) is 3. The molecule has 5 nitrogen and oxygen atoms in total. The van der Waals surface area contributed by atoms with Crippen LogP contribution in [0.5, 0.6) is 0 Å². The third-order valence-electron chi connectivity index (χ3n) is 3.49. The van der Waals surface area contributed by atoms with Crippen LogP contribution in [0.4, 0.5) is 5.69 Å². The number of aromatic amines is 1. The van der Waals surface area contributed by atoms with E-state index < -0.39 is 0 Å². The molecule has 0 aliphatic rings. The summed E-state index contributed by atoms with van der Waals surface area (Å²) >= 11 is 0. The summed E-state index contributed by atoms with van der Waals surface area (Å²) in [4.78, 5) is 27.3. The van der Waals surface area contributed by atoms with Crippen molar-refractivity contribution in [2.24, 2.45) is 0 Å². The van der Waals surface area contributed by atoms with Crippen LogP contribution in [-0.4, -0.2) is 23.3 Å². The summed E-state index contributed by atoms with van der Waals surface area (Å²) in [6, 6.07) is 16.4. The molecule has 2 aromatic carbocycles. The fourth-order valence-electron chi connectivity index (χ4n) is 2.39. The lowest BCUT2D eigenvalue weighted by molar-refractivity contribution is 0.0954. The van der Waals surface area contributed by atoms with Gasteiger partial charge < -0.3 is 15.6 Å². The second-order valence-corrected chi connectivity index (χ2v) is 5.16. The van der Waals surface area contributed by atoms with Gasteiger partial charge in [0.2, 0.25) is 0 Å². The zero-order valence-electron chi connectivity index (χ0n) is 12.7. The molecule has 0 aliphatic heterocycles. The second kappa shape index (κ2) is 6.36. The number of hydrogen-bond donors (Lipinski definition) is 3. The van der Waals surface area contributed by atoms with Crippen LogP contribution in [0.25, 0.3) is 10.9 Å². The molecule has 116 valence electrons. The van der Waals surface area contributed by atoms with Crippen molar-refractivity contribution < 1.29 is 9.59 Å². The fourth-order valence-corrected chi connectivity index (χ4v) is 2.39. The van der Waals surface area contributed by atoms with Gasteiger partial charge in [0, 0.05) is 28.7 Å². The van der Waals surface area contributed by atoms with Crippen molar-refractivity contribution in [1.29, 1.82) is 0 Å². The van der Waals surface area contributed by atoms with Crippen LogP contribution >= 0.6 is 0 Å². The average molecular weight is 307 g/mol. The van der Waals surface area contributed by atoms with Crippen molar-refractivity contribution in [3.63, 3.8) is 0 Å². The first-order valence-electron chi connectivity index (χ1n) is 7.44. The monoisotopic (exact) mass is 307 g/mol. The van der Waals surface area contributed by atoms with E-state index in [1.165, 1.54) is 0 Å². The summed E-state index contributed by atoms with van der Waals surface area (Å²) < 4.78 is 0.